The lowest BCUT2D eigenvalue weighted by atomic mass is 10.0. The zero-order valence-electron chi connectivity index (χ0n) is 12.2. The number of hydrogen-bond donors (Lipinski definition) is 0. The first kappa shape index (κ1) is 15.0. The molecule has 0 amide bonds. The SMILES string of the molecule is CCCCc1oc(=O)c(C(=O)OC)cc1-c1ccccc1. The molecule has 0 unspecified atom stereocenters. The molecule has 0 saturated carbocycles. The molecule has 110 valence electrons. The van der Waals surface area contributed by atoms with Crippen molar-refractivity contribution in [2.45, 2.75) is 26.2 Å². The highest BCUT2D eigenvalue weighted by molar-refractivity contribution is 5.90. The third kappa shape index (κ3) is 3.40. The van der Waals surface area contributed by atoms with Crippen LogP contribution >= 0.6 is 0 Å². The van der Waals surface area contributed by atoms with Crippen LogP contribution in [0.15, 0.2) is 45.6 Å². The van der Waals surface area contributed by atoms with Gasteiger partial charge in [-0.15, -0.1) is 0 Å². The van der Waals surface area contributed by atoms with E-state index in [1.54, 1.807) is 6.07 Å². The van der Waals surface area contributed by atoms with Crippen LogP contribution in [0.5, 0.6) is 0 Å². The fourth-order valence-corrected chi connectivity index (χ4v) is 2.14. The van der Waals surface area contributed by atoms with Crippen LogP contribution in [-0.2, 0) is 11.2 Å². The van der Waals surface area contributed by atoms with E-state index >= 15 is 0 Å². The summed E-state index contributed by atoms with van der Waals surface area (Å²) in [5.74, 6) is -0.0660. The standard InChI is InChI=1S/C17H18O4/c1-3-4-10-15-13(12-8-6-5-7-9-12)11-14(16(18)20-2)17(19)21-15/h5-9,11H,3-4,10H2,1-2H3. The van der Waals surface area contributed by atoms with E-state index in [0.29, 0.717) is 12.2 Å². The number of rotatable bonds is 5. The van der Waals surface area contributed by atoms with Crippen LogP contribution in [0.1, 0.15) is 35.9 Å². The smallest absolute Gasteiger partial charge is 0.350 e. The number of ether oxygens (including phenoxy) is 1. The third-order valence-corrected chi connectivity index (χ3v) is 3.27. The lowest BCUT2D eigenvalue weighted by Crippen LogP contribution is -2.16. The zero-order valence-corrected chi connectivity index (χ0v) is 12.2. The number of carbonyl (C=O) groups excluding carboxylic acids is 1. The van der Waals surface area contributed by atoms with E-state index in [4.69, 9.17) is 4.42 Å². The highest BCUT2D eigenvalue weighted by atomic mass is 16.5. The van der Waals surface area contributed by atoms with E-state index < -0.39 is 11.6 Å². The summed E-state index contributed by atoms with van der Waals surface area (Å²) in [7, 11) is 1.24. The predicted molar refractivity (Wildman–Crippen MR) is 80.4 cm³/mol. The summed E-state index contributed by atoms with van der Waals surface area (Å²) in [6, 6.07) is 11.1. The van der Waals surface area contributed by atoms with Gasteiger partial charge in [-0.05, 0) is 18.1 Å². The molecule has 0 atom stereocenters. The highest BCUT2D eigenvalue weighted by Gasteiger charge is 2.18. The number of aryl methyl sites for hydroxylation is 1. The summed E-state index contributed by atoms with van der Waals surface area (Å²) in [6.07, 6.45) is 2.58. The molecule has 1 aromatic heterocycles. The number of unbranched alkanes of at least 4 members (excludes halogenated alkanes) is 1. The first-order valence-electron chi connectivity index (χ1n) is 6.98. The Balaban J connectivity index is 2.57. The molecule has 0 bridgehead atoms. The van der Waals surface area contributed by atoms with E-state index in [0.717, 1.165) is 24.0 Å². The summed E-state index contributed by atoms with van der Waals surface area (Å²) in [5.41, 5.74) is 0.964. The fourth-order valence-electron chi connectivity index (χ4n) is 2.14. The van der Waals surface area contributed by atoms with Crippen molar-refractivity contribution in [3.8, 4) is 11.1 Å². The van der Waals surface area contributed by atoms with Crippen LogP contribution in [0.25, 0.3) is 11.1 Å². The molecule has 1 aromatic carbocycles. The lowest BCUT2D eigenvalue weighted by Gasteiger charge is -2.09. The minimum atomic E-state index is -0.678. The van der Waals surface area contributed by atoms with Gasteiger partial charge in [0.05, 0.1) is 7.11 Å². The molecule has 0 aliphatic rings. The molecule has 0 saturated heterocycles. The number of carbonyl (C=O) groups is 1. The third-order valence-electron chi connectivity index (χ3n) is 3.27. The molecule has 0 aliphatic heterocycles. The topological polar surface area (TPSA) is 56.5 Å². The molecule has 0 radical (unpaired) electrons. The maximum Gasteiger partial charge on any atom is 0.350 e. The maximum atomic E-state index is 11.9. The van der Waals surface area contributed by atoms with Gasteiger partial charge >= 0.3 is 11.6 Å². The molecule has 4 nitrogen and oxygen atoms in total. The summed E-state index contributed by atoms with van der Waals surface area (Å²) in [5, 5.41) is 0. The van der Waals surface area contributed by atoms with Crippen molar-refractivity contribution in [3.63, 3.8) is 0 Å². The van der Waals surface area contributed by atoms with Gasteiger partial charge in [-0.3, -0.25) is 0 Å². The molecule has 0 aliphatic carbocycles. The largest absolute Gasteiger partial charge is 0.465 e. The summed E-state index contributed by atoms with van der Waals surface area (Å²) in [6.45, 7) is 2.07. The Morgan fingerprint density at radius 2 is 1.95 bits per heavy atom. The van der Waals surface area contributed by atoms with Gasteiger partial charge in [-0.2, -0.15) is 0 Å². The minimum Gasteiger partial charge on any atom is -0.465 e. The van der Waals surface area contributed by atoms with Gasteiger partial charge in [0.25, 0.3) is 0 Å². The van der Waals surface area contributed by atoms with Gasteiger partial charge < -0.3 is 9.15 Å². The monoisotopic (exact) mass is 286 g/mol. The van der Waals surface area contributed by atoms with Crippen molar-refractivity contribution >= 4 is 5.97 Å². The number of esters is 1. The number of benzene rings is 1. The van der Waals surface area contributed by atoms with Crippen LogP contribution < -0.4 is 5.63 Å². The summed E-state index contributed by atoms with van der Waals surface area (Å²) < 4.78 is 9.99. The normalized spacial score (nSPS) is 10.4. The molecular weight excluding hydrogens is 268 g/mol. The Labute approximate surface area is 123 Å². The molecule has 4 heteroatoms. The second kappa shape index (κ2) is 6.88. The van der Waals surface area contributed by atoms with E-state index in [1.807, 2.05) is 30.3 Å². The Kier molecular flexibility index (Phi) is 4.93. The molecular formula is C17H18O4. The van der Waals surface area contributed by atoms with Crippen LogP contribution in [0.3, 0.4) is 0 Å². The number of methoxy groups -OCH3 is 1. The molecule has 0 N–H and O–H groups in total. The highest BCUT2D eigenvalue weighted by Crippen LogP contribution is 2.25. The lowest BCUT2D eigenvalue weighted by molar-refractivity contribution is 0.0595. The molecule has 0 fully saturated rings. The molecule has 2 aromatic rings. The molecule has 21 heavy (non-hydrogen) atoms. The van der Waals surface area contributed by atoms with E-state index in [1.165, 1.54) is 7.11 Å². The Bertz CT molecular complexity index is 671. The zero-order chi connectivity index (χ0) is 15.2. The van der Waals surface area contributed by atoms with Gasteiger partial charge in [0, 0.05) is 12.0 Å². The van der Waals surface area contributed by atoms with Gasteiger partial charge in [0.2, 0.25) is 0 Å². The Morgan fingerprint density at radius 1 is 1.24 bits per heavy atom. The summed E-state index contributed by atoms with van der Waals surface area (Å²) in [4.78, 5) is 23.6. The fraction of sp³-hybridized carbons (Fsp3) is 0.294. The predicted octanol–water partition coefficient (Wildman–Crippen LogP) is 3.44. The van der Waals surface area contributed by atoms with Gasteiger partial charge in [0.1, 0.15) is 11.3 Å². The first-order valence-corrected chi connectivity index (χ1v) is 6.98. The Morgan fingerprint density at radius 3 is 2.57 bits per heavy atom. The van der Waals surface area contributed by atoms with E-state index in [-0.39, 0.29) is 5.56 Å². The number of hydrogen-bond acceptors (Lipinski definition) is 4. The second-order valence-electron chi connectivity index (χ2n) is 4.75. The molecule has 0 spiro atoms. The van der Waals surface area contributed by atoms with Gasteiger partial charge in [-0.1, -0.05) is 43.7 Å². The van der Waals surface area contributed by atoms with Crippen LogP contribution in [0, 0.1) is 0 Å². The maximum absolute atomic E-state index is 11.9. The van der Waals surface area contributed by atoms with Crippen molar-refractivity contribution in [2.24, 2.45) is 0 Å². The van der Waals surface area contributed by atoms with Crippen molar-refractivity contribution < 1.29 is 13.9 Å². The van der Waals surface area contributed by atoms with Crippen LogP contribution in [0.4, 0.5) is 0 Å². The van der Waals surface area contributed by atoms with Crippen LogP contribution in [0.2, 0.25) is 0 Å². The van der Waals surface area contributed by atoms with Crippen molar-refractivity contribution in [1.29, 1.82) is 0 Å². The Hall–Kier alpha value is -2.36. The van der Waals surface area contributed by atoms with Crippen molar-refractivity contribution in [3.05, 3.63) is 58.1 Å². The first-order chi connectivity index (χ1) is 10.2. The van der Waals surface area contributed by atoms with Crippen molar-refractivity contribution in [1.82, 2.24) is 0 Å². The average Bonchev–Trinajstić information content (AvgIpc) is 2.53. The van der Waals surface area contributed by atoms with E-state index in [2.05, 4.69) is 11.7 Å². The van der Waals surface area contributed by atoms with Gasteiger partial charge in [0.15, 0.2) is 0 Å². The minimum absolute atomic E-state index is 0.0726. The van der Waals surface area contributed by atoms with Gasteiger partial charge in [-0.25, -0.2) is 9.59 Å². The summed E-state index contributed by atoms with van der Waals surface area (Å²) >= 11 is 0. The average molecular weight is 286 g/mol. The molecule has 1 heterocycles. The second-order valence-corrected chi connectivity index (χ2v) is 4.75. The quantitative estimate of drug-likeness (QED) is 0.790. The molecule has 2 rings (SSSR count). The van der Waals surface area contributed by atoms with E-state index in [9.17, 15) is 9.59 Å². The van der Waals surface area contributed by atoms with Crippen molar-refractivity contribution in [2.75, 3.05) is 7.11 Å². The van der Waals surface area contributed by atoms with Crippen LogP contribution in [-0.4, -0.2) is 13.1 Å².